The van der Waals surface area contributed by atoms with E-state index < -0.39 is 5.91 Å². The Bertz CT molecular complexity index is 1330. The van der Waals surface area contributed by atoms with E-state index in [0.29, 0.717) is 35.3 Å². The number of aliphatic hydroxyl groups excluding tert-OH is 1. The number of carbonyl (C=O) groups is 1. The van der Waals surface area contributed by atoms with E-state index in [1.807, 2.05) is 24.4 Å². The fourth-order valence-corrected chi connectivity index (χ4v) is 3.54. The zero-order chi connectivity index (χ0) is 20.5. The summed E-state index contributed by atoms with van der Waals surface area (Å²) in [6.07, 6.45) is 3.59. The van der Waals surface area contributed by atoms with Crippen LogP contribution in [0.5, 0.6) is 0 Å². The summed E-state index contributed by atoms with van der Waals surface area (Å²) in [5, 5.41) is 11.6. The number of aryl methyl sites for hydroxylation is 2. The Morgan fingerprint density at radius 3 is 2.83 bits per heavy atom. The molecule has 0 fully saturated rings. The van der Waals surface area contributed by atoms with Crippen molar-refractivity contribution in [2.24, 2.45) is 5.73 Å². The summed E-state index contributed by atoms with van der Waals surface area (Å²) in [4.78, 5) is 31.7. The van der Waals surface area contributed by atoms with Crippen molar-refractivity contribution < 1.29 is 9.90 Å². The first-order chi connectivity index (χ1) is 13.9. The van der Waals surface area contributed by atoms with Gasteiger partial charge in [0.2, 0.25) is 5.91 Å². The van der Waals surface area contributed by atoms with Crippen molar-refractivity contribution >= 4 is 33.5 Å². The summed E-state index contributed by atoms with van der Waals surface area (Å²) in [5.41, 5.74) is 7.97. The molecule has 0 aliphatic carbocycles. The number of aliphatic hydroxyl groups is 1. The van der Waals surface area contributed by atoms with Crippen molar-refractivity contribution in [3.8, 4) is 0 Å². The van der Waals surface area contributed by atoms with Gasteiger partial charge in [-0.3, -0.25) is 14.2 Å². The van der Waals surface area contributed by atoms with E-state index >= 15 is 0 Å². The molecule has 0 unspecified atom stereocenters. The first-order valence-corrected chi connectivity index (χ1v) is 9.20. The lowest BCUT2D eigenvalue weighted by molar-refractivity contribution is -0.113. The fourth-order valence-electron chi connectivity index (χ4n) is 3.54. The van der Waals surface area contributed by atoms with Crippen molar-refractivity contribution in [1.29, 1.82) is 0 Å². The van der Waals surface area contributed by atoms with Crippen LogP contribution in [0.3, 0.4) is 0 Å². The van der Waals surface area contributed by atoms with Crippen LogP contribution in [0, 0.1) is 6.92 Å². The van der Waals surface area contributed by atoms with Crippen LogP contribution in [0.1, 0.15) is 17.0 Å². The molecule has 0 aliphatic rings. The first-order valence-electron chi connectivity index (χ1n) is 9.20. The highest BCUT2D eigenvalue weighted by Gasteiger charge is 2.11. The SMILES string of the molecule is Cc1nc2cc(C(O)=CC(N)=O)ccc2c(=O)n1CCc1c[nH]c2ccccc12. The lowest BCUT2D eigenvalue weighted by Crippen LogP contribution is -2.25. The molecule has 0 spiro atoms. The van der Waals surface area contributed by atoms with E-state index in [4.69, 9.17) is 5.73 Å². The average molecular weight is 388 g/mol. The van der Waals surface area contributed by atoms with Gasteiger partial charge in [0.1, 0.15) is 11.6 Å². The summed E-state index contributed by atoms with van der Waals surface area (Å²) in [6.45, 7) is 2.28. The molecular weight excluding hydrogens is 368 g/mol. The van der Waals surface area contributed by atoms with Crippen molar-refractivity contribution in [2.45, 2.75) is 19.9 Å². The minimum Gasteiger partial charge on any atom is -0.507 e. The smallest absolute Gasteiger partial charge is 0.261 e. The molecule has 0 saturated carbocycles. The quantitative estimate of drug-likeness (QED) is 0.360. The van der Waals surface area contributed by atoms with Crippen LogP contribution in [0.2, 0.25) is 0 Å². The number of nitrogens with two attached hydrogens (primary N) is 1. The predicted octanol–water partition coefficient (Wildman–Crippen LogP) is 2.81. The Kier molecular flexibility index (Phi) is 4.64. The van der Waals surface area contributed by atoms with E-state index in [-0.39, 0.29) is 11.3 Å². The van der Waals surface area contributed by atoms with Crippen LogP contribution in [0.25, 0.3) is 27.6 Å². The van der Waals surface area contributed by atoms with E-state index in [1.165, 1.54) is 0 Å². The van der Waals surface area contributed by atoms with Gasteiger partial charge < -0.3 is 15.8 Å². The van der Waals surface area contributed by atoms with Crippen molar-refractivity contribution in [1.82, 2.24) is 14.5 Å². The molecule has 0 aliphatic heterocycles. The van der Waals surface area contributed by atoms with Gasteiger partial charge in [0.05, 0.1) is 10.9 Å². The van der Waals surface area contributed by atoms with Gasteiger partial charge in [0, 0.05) is 35.3 Å². The standard InChI is InChI=1S/C22H20N4O3/c1-13-25-19-10-14(20(27)11-21(23)28)6-7-17(19)22(29)26(13)9-8-15-12-24-18-5-3-2-4-16(15)18/h2-7,10-12,24,27H,8-9H2,1H3,(H2,23,28). The molecule has 2 aromatic carbocycles. The third kappa shape index (κ3) is 3.50. The topological polar surface area (TPSA) is 114 Å². The highest BCUT2D eigenvalue weighted by molar-refractivity contribution is 5.93. The Labute approximate surface area is 166 Å². The van der Waals surface area contributed by atoms with Gasteiger partial charge in [-0.25, -0.2) is 4.98 Å². The predicted molar refractivity (Wildman–Crippen MR) is 113 cm³/mol. The van der Waals surface area contributed by atoms with Crippen molar-refractivity contribution in [3.63, 3.8) is 0 Å². The maximum Gasteiger partial charge on any atom is 0.261 e. The molecule has 1 amide bonds. The van der Waals surface area contributed by atoms with Crippen LogP contribution >= 0.6 is 0 Å². The number of nitrogens with one attached hydrogen (secondary N) is 1. The summed E-state index contributed by atoms with van der Waals surface area (Å²) in [6, 6.07) is 12.8. The van der Waals surface area contributed by atoms with Gasteiger partial charge in [-0.15, -0.1) is 0 Å². The summed E-state index contributed by atoms with van der Waals surface area (Å²) >= 11 is 0. The minimum atomic E-state index is -0.751. The number of rotatable bonds is 5. The van der Waals surface area contributed by atoms with Crippen molar-refractivity contribution in [3.05, 3.63) is 82.0 Å². The molecular formula is C22H20N4O3. The fraction of sp³-hybridized carbons (Fsp3) is 0.136. The normalized spacial score (nSPS) is 12.0. The molecule has 2 heterocycles. The molecule has 0 saturated heterocycles. The molecule has 4 N–H and O–H groups in total. The number of benzene rings is 2. The zero-order valence-corrected chi connectivity index (χ0v) is 15.8. The second-order valence-corrected chi connectivity index (χ2v) is 6.89. The van der Waals surface area contributed by atoms with E-state index in [2.05, 4.69) is 16.0 Å². The summed E-state index contributed by atoms with van der Waals surface area (Å²) in [5.74, 6) is -0.431. The summed E-state index contributed by atoms with van der Waals surface area (Å²) < 4.78 is 1.66. The number of hydrogen-bond donors (Lipinski definition) is 3. The molecule has 4 aromatic rings. The Hall–Kier alpha value is -3.87. The molecule has 7 heteroatoms. The molecule has 146 valence electrons. The molecule has 0 radical (unpaired) electrons. The largest absolute Gasteiger partial charge is 0.507 e. The number of para-hydroxylation sites is 1. The van der Waals surface area contributed by atoms with E-state index in [0.717, 1.165) is 22.5 Å². The van der Waals surface area contributed by atoms with Gasteiger partial charge in [0.15, 0.2) is 0 Å². The number of amides is 1. The second-order valence-electron chi connectivity index (χ2n) is 6.89. The van der Waals surface area contributed by atoms with Crippen LogP contribution in [-0.2, 0) is 17.8 Å². The average Bonchev–Trinajstić information content (AvgIpc) is 3.10. The number of nitrogens with zero attached hydrogens (tertiary/aromatic N) is 2. The van der Waals surface area contributed by atoms with E-state index in [1.54, 1.807) is 29.7 Å². The lowest BCUT2D eigenvalue weighted by Gasteiger charge is -2.11. The lowest BCUT2D eigenvalue weighted by atomic mass is 10.1. The number of hydrogen-bond acceptors (Lipinski definition) is 4. The van der Waals surface area contributed by atoms with Crippen LogP contribution in [-0.4, -0.2) is 25.5 Å². The third-order valence-electron chi connectivity index (χ3n) is 5.00. The number of primary amides is 1. The summed E-state index contributed by atoms with van der Waals surface area (Å²) in [7, 11) is 0. The van der Waals surface area contributed by atoms with Gasteiger partial charge in [-0.05, 0) is 37.1 Å². The molecule has 4 rings (SSSR count). The molecule has 29 heavy (non-hydrogen) atoms. The van der Waals surface area contributed by atoms with Crippen LogP contribution in [0.4, 0.5) is 0 Å². The van der Waals surface area contributed by atoms with Crippen LogP contribution < -0.4 is 11.3 Å². The number of fused-ring (bicyclic) bond motifs is 2. The second kappa shape index (κ2) is 7.27. The van der Waals surface area contributed by atoms with E-state index in [9.17, 15) is 14.7 Å². The highest BCUT2D eigenvalue weighted by atomic mass is 16.3. The molecule has 0 bridgehead atoms. The maximum atomic E-state index is 13.0. The molecule has 0 atom stereocenters. The van der Waals surface area contributed by atoms with Gasteiger partial charge in [-0.2, -0.15) is 0 Å². The highest BCUT2D eigenvalue weighted by Crippen LogP contribution is 2.20. The first kappa shape index (κ1) is 18.5. The number of carbonyl (C=O) groups excluding carboxylic acids is 1. The Morgan fingerprint density at radius 1 is 1.24 bits per heavy atom. The Morgan fingerprint density at radius 2 is 2.03 bits per heavy atom. The Balaban J connectivity index is 1.68. The number of aromatic nitrogens is 3. The van der Waals surface area contributed by atoms with Gasteiger partial charge in [0.25, 0.3) is 5.56 Å². The molecule has 7 nitrogen and oxygen atoms in total. The number of H-pyrrole nitrogens is 1. The van der Waals surface area contributed by atoms with Crippen molar-refractivity contribution in [2.75, 3.05) is 0 Å². The number of aromatic amines is 1. The third-order valence-corrected chi connectivity index (χ3v) is 5.00. The monoisotopic (exact) mass is 388 g/mol. The van der Waals surface area contributed by atoms with Gasteiger partial charge in [-0.1, -0.05) is 24.3 Å². The maximum absolute atomic E-state index is 13.0. The minimum absolute atomic E-state index is 0.141. The molecule has 2 aromatic heterocycles. The van der Waals surface area contributed by atoms with Crippen LogP contribution in [0.15, 0.2) is 59.5 Å². The zero-order valence-electron chi connectivity index (χ0n) is 15.8. The van der Waals surface area contributed by atoms with Gasteiger partial charge >= 0.3 is 0 Å².